The zero-order chi connectivity index (χ0) is 16.5. The molecule has 1 saturated carbocycles. The predicted molar refractivity (Wildman–Crippen MR) is 99.0 cm³/mol. The maximum absolute atomic E-state index is 11.9. The van der Waals surface area contributed by atoms with Crippen molar-refractivity contribution in [1.29, 1.82) is 0 Å². The summed E-state index contributed by atoms with van der Waals surface area (Å²) in [5.41, 5.74) is 8.31. The maximum Gasteiger partial charge on any atom is 0.234 e. The minimum atomic E-state index is 0.0346. The number of nitrogen functional groups attached to an aromatic ring is 1. The lowest BCUT2D eigenvalue weighted by molar-refractivity contribution is -0.113. The Bertz CT molecular complexity index is 502. The van der Waals surface area contributed by atoms with Gasteiger partial charge in [-0.1, -0.05) is 19.3 Å². The Morgan fingerprint density at radius 2 is 2.13 bits per heavy atom. The molecule has 0 aliphatic heterocycles. The highest BCUT2D eigenvalue weighted by Crippen LogP contribution is 2.20. The Kier molecular flexibility index (Phi) is 7.76. The second-order valence-electron chi connectivity index (χ2n) is 6.16. The molecule has 1 aliphatic rings. The van der Waals surface area contributed by atoms with E-state index in [1.165, 1.54) is 32.1 Å². The monoisotopic (exact) mass is 336 g/mol. The number of ether oxygens (including phenoxy) is 1. The molecule has 1 aliphatic carbocycles. The van der Waals surface area contributed by atoms with E-state index < -0.39 is 0 Å². The van der Waals surface area contributed by atoms with E-state index in [-0.39, 0.29) is 5.91 Å². The molecule has 0 heterocycles. The number of benzene rings is 1. The SMILES string of the molecule is Cc1cc(NC(=O)CSCCCOC2CCCCC2)ccc1N. The normalized spacial score (nSPS) is 15.5. The second kappa shape index (κ2) is 9.83. The summed E-state index contributed by atoms with van der Waals surface area (Å²) < 4.78 is 5.88. The highest BCUT2D eigenvalue weighted by molar-refractivity contribution is 7.99. The molecule has 0 aromatic heterocycles. The highest BCUT2D eigenvalue weighted by atomic mass is 32.2. The minimum Gasteiger partial charge on any atom is -0.399 e. The molecule has 4 nitrogen and oxygen atoms in total. The van der Waals surface area contributed by atoms with Crippen LogP contribution in [0.5, 0.6) is 0 Å². The molecule has 0 atom stereocenters. The fourth-order valence-electron chi connectivity index (χ4n) is 2.76. The molecule has 128 valence electrons. The Balaban J connectivity index is 1.53. The van der Waals surface area contributed by atoms with Crippen LogP contribution < -0.4 is 11.1 Å². The van der Waals surface area contributed by atoms with E-state index >= 15 is 0 Å². The summed E-state index contributed by atoms with van der Waals surface area (Å²) in [6, 6.07) is 5.56. The zero-order valence-electron chi connectivity index (χ0n) is 14.0. The number of thioether (sulfide) groups is 1. The zero-order valence-corrected chi connectivity index (χ0v) is 14.8. The Morgan fingerprint density at radius 3 is 2.87 bits per heavy atom. The smallest absolute Gasteiger partial charge is 0.234 e. The van der Waals surface area contributed by atoms with Crippen molar-refractivity contribution >= 4 is 29.0 Å². The Morgan fingerprint density at radius 1 is 1.35 bits per heavy atom. The third-order valence-corrected chi connectivity index (χ3v) is 5.17. The first-order chi connectivity index (χ1) is 11.1. The fourth-order valence-corrected chi connectivity index (χ4v) is 3.48. The number of nitrogens with one attached hydrogen (secondary N) is 1. The first kappa shape index (κ1) is 18.1. The molecule has 1 fully saturated rings. The van der Waals surface area contributed by atoms with Crippen LogP contribution in [0.4, 0.5) is 11.4 Å². The van der Waals surface area contributed by atoms with E-state index in [1.54, 1.807) is 11.8 Å². The summed E-state index contributed by atoms with van der Waals surface area (Å²) in [6.45, 7) is 2.75. The first-order valence-corrected chi connectivity index (χ1v) is 9.66. The standard InChI is InChI=1S/C18H28N2O2S/c1-14-12-15(8-9-17(14)19)20-18(21)13-23-11-5-10-22-16-6-3-2-4-7-16/h8-9,12,16H,2-7,10-11,13,19H2,1H3,(H,20,21). The average Bonchev–Trinajstić information content (AvgIpc) is 2.55. The number of anilines is 2. The Labute approximate surface area is 143 Å². The molecule has 1 aromatic rings. The molecule has 0 unspecified atom stereocenters. The van der Waals surface area contributed by atoms with Crippen molar-refractivity contribution in [3.63, 3.8) is 0 Å². The number of hydrogen-bond acceptors (Lipinski definition) is 4. The van der Waals surface area contributed by atoms with Crippen molar-refractivity contribution in [2.24, 2.45) is 0 Å². The van der Waals surface area contributed by atoms with Crippen molar-refractivity contribution in [3.8, 4) is 0 Å². The van der Waals surface area contributed by atoms with Crippen LogP contribution in [0.15, 0.2) is 18.2 Å². The Hall–Kier alpha value is -1.20. The quantitative estimate of drug-likeness (QED) is 0.556. The van der Waals surface area contributed by atoms with Crippen LogP contribution in [0.2, 0.25) is 0 Å². The molecule has 23 heavy (non-hydrogen) atoms. The van der Waals surface area contributed by atoms with Crippen LogP contribution in [-0.4, -0.2) is 30.1 Å². The van der Waals surface area contributed by atoms with E-state index in [0.29, 0.717) is 11.9 Å². The van der Waals surface area contributed by atoms with Gasteiger partial charge in [-0.05, 0) is 55.7 Å². The lowest BCUT2D eigenvalue weighted by atomic mass is 9.98. The fraction of sp³-hybridized carbons (Fsp3) is 0.611. The van der Waals surface area contributed by atoms with E-state index in [9.17, 15) is 4.79 Å². The van der Waals surface area contributed by atoms with Gasteiger partial charge in [0.2, 0.25) is 5.91 Å². The molecule has 0 radical (unpaired) electrons. The van der Waals surface area contributed by atoms with Gasteiger partial charge in [-0.3, -0.25) is 4.79 Å². The minimum absolute atomic E-state index is 0.0346. The van der Waals surface area contributed by atoms with Gasteiger partial charge in [-0.25, -0.2) is 0 Å². The van der Waals surface area contributed by atoms with Crippen LogP contribution in [-0.2, 0) is 9.53 Å². The molecular formula is C18H28N2O2S. The maximum atomic E-state index is 11.9. The molecule has 3 N–H and O–H groups in total. The lowest BCUT2D eigenvalue weighted by Gasteiger charge is -2.21. The molecule has 0 bridgehead atoms. The van der Waals surface area contributed by atoms with Gasteiger partial charge in [-0.2, -0.15) is 11.8 Å². The number of carbonyl (C=O) groups excluding carboxylic acids is 1. The van der Waals surface area contributed by atoms with Gasteiger partial charge in [-0.15, -0.1) is 0 Å². The van der Waals surface area contributed by atoms with Gasteiger partial charge in [0.1, 0.15) is 0 Å². The lowest BCUT2D eigenvalue weighted by Crippen LogP contribution is -2.17. The molecule has 5 heteroatoms. The van der Waals surface area contributed by atoms with Crippen molar-refractivity contribution in [2.45, 2.75) is 51.6 Å². The van der Waals surface area contributed by atoms with Gasteiger partial charge in [0.15, 0.2) is 0 Å². The summed E-state index contributed by atoms with van der Waals surface area (Å²) in [4.78, 5) is 11.9. The van der Waals surface area contributed by atoms with Crippen LogP contribution in [0, 0.1) is 6.92 Å². The molecule has 1 aromatic carbocycles. The van der Waals surface area contributed by atoms with E-state index in [4.69, 9.17) is 10.5 Å². The number of amides is 1. The van der Waals surface area contributed by atoms with Crippen molar-refractivity contribution in [2.75, 3.05) is 29.2 Å². The number of carbonyl (C=O) groups is 1. The summed E-state index contributed by atoms with van der Waals surface area (Å²) in [5.74, 6) is 1.47. The van der Waals surface area contributed by atoms with Crippen molar-refractivity contribution in [3.05, 3.63) is 23.8 Å². The van der Waals surface area contributed by atoms with E-state index in [0.717, 1.165) is 35.7 Å². The number of hydrogen-bond donors (Lipinski definition) is 2. The predicted octanol–water partition coefficient (Wildman–Crippen LogP) is 3.99. The first-order valence-electron chi connectivity index (χ1n) is 8.50. The summed E-state index contributed by atoms with van der Waals surface area (Å²) in [5, 5.41) is 2.91. The van der Waals surface area contributed by atoms with Crippen LogP contribution in [0.25, 0.3) is 0 Å². The largest absolute Gasteiger partial charge is 0.399 e. The van der Waals surface area contributed by atoms with Gasteiger partial charge < -0.3 is 15.8 Å². The second-order valence-corrected chi connectivity index (χ2v) is 7.26. The van der Waals surface area contributed by atoms with Gasteiger partial charge in [0.25, 0.3) is 0 Å². The summed E-state index contributed by atoms with van der Waals surface area (Å²) in [7, 11) is 0. The third-order valence-electron chi connectivity index (χ3n) is 4.13. The van der Waals surface area contributed by atoms with Crippen molar-refractivity contribution in [1.82, 2.24) is 0 Å². The van der Waals surface area contributed by atoms with Crippen LogP contribution >= 0.6 is 11.8 Å². The van der Waals surface area contributed by atoms with Gasteiger partial charge in [0, 0.05) is 18.0 Å². The van der Waals surface area contributed by atoms with Crippen LogP contribution in [0.1, 0.15) is 44.1 Å². The van der Waals surface area contributed by atoms with Crippen molar-refractivity contribution < 1.29 is 9.53 Å². The van der Waals surface area contributed by atoms with E-state index in [2.05, 4.69) is 5.32 Å². The molecule has 1 amide bonds. The topological polar surface area (TPSA) is 64.3 Å². The number of rotatable bonds is 8. The summed E-state index contributed by atoms with van der Waals surface area (Å²) >= 11 is 1.66. The van der Waals surface area contributed by atoms with Gasteiger partial charge >= 0.3 is 0 Å². The third kappa shape index (κ3) is 6.83. The summed E-state index contributed by atoms with van der Waals surface area (Å²) in [6.07, 6.45) is 7.90. The van der Waals surface area contributed by atoms with Gasteiger partial charge in [0.05, 0.1) is 11.9 Å². The molecule has 0 saturated heterocycles. The average molecular weight is 337 g/mol. The molecule has 0 spiro atoms. The van der Waals surface area contributed by atoms with Crippen LogP contribution in [0.3, 0.4) is 0 Å². The molecular weight excluding hydrogens is 308 g/mol. The number of nitrogens with two attached hydrogens (primary N) is 1. The highest BCUT2D eigenvalue weighted by Gasteiger charge is 2.13. The molecule has 2 rings (SSSR count). The van der Waals surface area contributed by atoms with E-state index in [1.807, 2.05) is 25.1 Å². The number of aryl methyl sites for hydroxylation is 1.